The van der Waals surface area contributed by atoms with Gasteiger partial charge in [0.25, 0.3) is 0 Å². The van der Waals surface area contributed by atoms with Gasteiger partial charge in [0, 0.05) is 28.8 Å². The first-order valence-corrected chi connectivity index (χ1v) is 10.9. The molecular weight excluding hydrogens is 431 g/mol. The molecule has 1 aliphatic rings. The summed E-state index contributed by atoms with van der Waals surface area (Å²) >= 11 is 0. The average molecular weight is 457 g/mol. The van der Waals surface area contributed by atoms with E-state index in [4.69, 9.17) is 9.47 Å². The lowest BCUT2D eigenvalue weighted by Crippen LogP contribution is -2.31. The van der Waals surface area contributed by atoms with E-state index >= 15 is 0 Å². The van der Waals surface area contributed by atoms with Gasteiger partial charge in [0.05, 0.1) is 24.7 Å². The van der Waals surface area contributed by atoms with Crippen molar-refractivity contribution in [1.29, 1.82) is 0 Å². The Morgan fingerprint density at radius 3 is 2.64 bits per heavy atom. The van der Waals surface area contributed by atoms with Crippen LogP contribution in [0.25, 0.3) is 11.3 Å². The van der Waals surface area contributed by atoms with Crippen LogP contribution in [0.3, 0.4) is 0 Å². The van der Waals surface area contributed by atoms with E-state index in [0.717, 1.165) is 17.0 Å². The summed E-state index contributed by atoms with van der Waals surface area (Å²) in [6.07, 6.45) is 1.89. The second kappa shape index (κ2) is 9.29. The zero-order valence-electron chi connectivity index (χ0n) is 18.6. The van der Waals surface area contributed by atoms with Crippen molar-refractivity contribution in [2.45, 2.75) is 50.8 Å². The summed E-state index contributed by atoms with van der Waals surface area (Å²) in [4.78, 5) is 12.1. The van der Waals surface area contributed by atoms with Crippen molar-refractivity contribution in [2.24, 2.45) is 0 Å². The SMILES string of the molecule is CC[C@@]1(c2ncc(-c3ccc(OCc4ccccn4)cc3OC)[nH]2)CC=C(C(F)(F)F)CC1. The van der Waals surface area contributed by atoms with Gasteiger partial charge in [-0.2, -0.15) is 13.2 Å². The Morgan fingerprint density at radius 1 is 1.15 bits per heavy atom. The van der Waals surface area contributed by atoms with Crippen LogP contribution in [0.2, 0.25) is 0 Å². The molecule has 1 aliphatic carbocycles. The summed E-state index contributed by atoms with van der Waals surface area (Å²) in [5.41, 5.74) is 1.48. The highest BCUT2D eigenvalue weighted by atomic mass is 19.4. The van der Waals surface area contributed by atoms with Gasteiger partial charge in [0.1, 0.15) is 23.9 Å². The average Bonchev–Trinajstić information content (AvgIpc) is 3.33. The molecule has 1 aromatic carbocycles. The van der Waals surface area contributed by atoms with Crippen molar-refractivity contribution in [2.75, 3.05) is 7.11 Å². The highest BCUT2D eigenvalue weighted by molar-refractivity contribution is 5.68. The van der Waals surface area contributed by atoms with Crippen molar-refractivity contribution >= 4 is 0 Å². The number of rotatable bonds is 7. The van der Waals surface area contributed by atoms with Crippen LogP contribution < -0.4 is 9.47 Å². The van der Waals surface area contributed by atoms with Crippen molar-refractivity contribution in [3.63, 3.8) is 0 Å². The van der Waals surface area contributed by atoms with Gasteiger partial charge in [-0.15, -0.1) is 0 Å². The molecule has 0 fully saturated rings. The smallest absolute Gasteiger partial charge is 0.412 e. The Bertz CT molecular complexity index is 1130. The Kier molecular flexibility index (Phi) is 6.44. The number of allylic oxidation sites excluding steroid dienone is 2. The summed E-state index contributed by atoms with van der Waals surface area (Å²) in [6, 6.07) is 11.2. The molecule has 4 rings (SSSR count). The fourth-order valence-electron chi connectivity index (χ4n) is 4.21. The number of methoxy groups -OCH3 is 1. The predicted molar refractivity (Wildman–Crippen MR) is 119 cm³/mol. The molecule has 0 bridgehead atoms. The molecule has 0 saturated heterocycles. The largest absolute Gasteiger partial charge is 0.496 e. The third kappa shape index (κ3) is 4.89. The van der Waals surface area contributed by atoms with Crippen molar-refractivity contribution in [3.05, 3.63) is 72.0 Å². The quantitative estimate of drug-likeness (QED) is 0.418. The van der Waals surface area contributed by atoms with Crippen molar-refractivity contribution in [1.82, 2.24) is 15.0 Å². The predicted octanol–water partition coefficient (Wildman–Crippen LogP) is 6.38. The van der Waals surface area contributed by atoms with Gasteiger partial charge in [-0.3, -0.25) is 4.98 Å². The Balaban J connectivity index is 1.54. The number of alkyl halides is 3. The van der Waals surface area contributed by atoms with Crippen LogP contribution in [0.5, 0.6) is 11.5 Å². The summed E-state index contributed by atoms with van der Waals surface area (Å²) in [5.74, 6) is 1.95. The number of aromatic nitrogens is 3. The molecule has 8 heteroatoms. The lowest BCUT2D eigenvalue weighted by atomic mass is 9.72. The van der Waals surface area contributed by atoms with Crippen LogP contribution in [0.1, 0.15) is 44.1 Å². The first kappa shape index (κ1) is 22.9. The summed E-state index contributed by atoms with van der Waals surface area (Å²) in [5, 5.41) is 0. The molecule has 2 aromatic heterocycles. The second-order valence-corrected chi connectivity index (χ2v) is 8.18. The van der Waals surface area contributed by atoms with Gasteiger partial charge in [-0.05, 0) is 49.9 Å². The molecule has 3 aromatic rings. The molecule has 2 heterocycles. The van der Waals surface area contributed by atoms with Crippen molar-refractivity contribution in [3.8, 4) is 22.8 Å². The van der Waals surface area contributed by atoms with E-state index in [0.29, 0.717) is 43.2 Å². The number of imidazole rings is 1. The maximum absolute atomic E-state index is 13.1. The number of nitrogens with zero attached hydrogens (tertiary/aromatic N) is 2. The number of benzene rings is 1. The van der Waals surface area contributed by atoms with Crippen LogP contribution >= 0.6 is 0 Å². The number of H-pyrrole nitrogens is 1. The molecule has 33 heavy (non-hydrogen) atoms. The maximum atomic E-state index is 13.1. The standard InChI is InChI=1S/C25H26F3N3O2/c1-3-24(11-9-17(10-12-24)25(26,27)28)23-30-15-21(31-23)20-8-7-19(14-22(20)32-2)33-16-18-6-4-5-13-29-18/h4-9,13-15H,3,10-12,16H2,1-2H3,(H,30,31)/t24-/m1/s1. The highest BCUT2D eigenvalue weighted by Gasteiger charge is 2.41. The van der Waals surface area contributed by atoms with Gasteiger partial charge in [0.15, 0.2) is 0 Å². The van der Waals surface area contributed by atoms with Crippen molar-refractivity contribution < 1.29 is 22.6 Å². The number of ether oxygens (including phenoxy) is 2. The van der Waals surface area contributed by atoms with Gasteiger partial charge >= 0.3 is 6.18 Å². The second-order valence-electron chi connectivity index (χ2n) is 8.18. The Labute approximate surface area is 190 Å². The summed E-state index contributed by atoms with van der Waals surface area (Å²) < 4.78 is 50.6. The lowest BCUT2D eigenvalue weighted by Gasteiger charge is -2.34. The lowest BCUT2D eigenvalue weighted by molar-refractivity contribution is -0.0959. The molecule has 0 amide bonds. The van der Waals surface area contributed by atoms with E-state index in [9.17, 15) is 13.2 Å². The monoisotopic (exact) mass is 457 g/mol. The molecule has 0 saturated carbocycles. The van der Waals surface area contributed by atoms with E-state index in [1.807, 2.05) is 37.3 Å². The third-order valence-corrected chi connectivity index (χ3v) is 6.31. The topological polar surface area (TPSA) is 60.0 Å². The fourth-order valence-corrected chi connectivity index (χ4v) is 4.21. The number of pyridine rings is 1. The molecule has 0 radical (unpaired) electrons. The summed E-state index contributed by atoms with van der Waals surface area (Å²) in [6.45, 7) is 2.33. The highest BCUT2D eigenvalue weighted by Crippen LogP contribution is 2.44. The fraction of sp³-hybridized carbons (Fsp3) is 0.360. The molecule has 1 N–H and O–H groups in total. The Hall–Kier alpha value is -3.29. The minimum Gasteiger partial charge on any atom is -0.496 e. The minimum atomic E-state index is -4.26. The van der Waals surface area contributed by atoms with Gasteiger partial charge in [-0.25, -0.2) is 4.98 Å². The zero-order valence-corrected chi connectivity index (χ0v) is 18.6. The van der Waals surface area contributed by atoms with E-state index in [1.165, 1.54) is 6.08 Å². The first-order chi connectivity index (χ1) is 15.8. The number of hydrogen-bond acceptors (Lipinski definition) is 4. The molecular formula is C25H26F3N3O2. The van der Waals surface area contributed by atoms with Gasteiger partial charge in [0.2, 0.25) is 0 Å². The van der Waals surface area contributed by atoms with Gasteiger partial charge in [-0.1, -0.05) is 19.1 Å². The molecule has 0 aliphatic heterocycles. The molecule has 0 unspecified atom stereocenters. The Morgan fingerprint density at radius 2 is 2.00 bits per heavy atom. The van der Waals surface area contributed by atoms with E-state index in [2.05, 4.69) is 15.0 Å². The van der Waals surface area contributed by atoms with Gasteiger partial charge < -0.3 is 14.5 Å². The normalized spacial score (nSPS) is 18.6. The van der Waals surface area contributed by atoms with E-state index in [1.54, 1.807) is 25.6 Å². The molecule has 5 nitrogen and oxygen atoms in total. The van der Waals surface area contributed by atoms with Crippen LogP contribution in [-0.2, 0) is 12.0 Å². The van der Waals surface area contributed by atoms with E-state index in [-0.39, 0.29) is 6.42 Å². The van der Waals surface area contributed by atoms with E-state index < -0.39 is 17.2 Å². The molecule has 0 spiro atoms. The number of halogens is 3. The van der Waals surface area contributed by atoms with Crippen LogP contribution in [0, 0.1) is 0 Å². The number of hydrogen-bond donors (Lipinski definition) is 1. The minimum absolute atomic E-state index is 0.000990. The molecule has 1 atom stereocenters. The van der Waals surface area contributed by atoms with Crippen LogP contribution in [-0.4, -0.2) is 28.2 Å². The maximum Gasteiger partial charge on any atom is 0.412 e. The zero-order chi connectivity index (χ0) is 23.5. The molecule has 174 valence electrons. The van der Waals surface area contributed by atoms with Crippen LogP contribution in [0.4, 0.5) is 13.2 Å². The third-order valence-electron chi connectivity index (χ3n) is 6.31. The number of aromatic amines is 1. The number of nitrogens with one attached hydrogen (secondary N) is 1. The first-order valence-electron chi connectivity index (χ1n) is 10.9. The summed E-state index contributed by atoms with van der Waals surface area (Å²) in [7, 11) is 1.58. The van der Waals surface area contributed by atoms with Crippen LogP contribution in [0.15, 0.2) is 60.4 Å².